The minimum absolute atomic E-state index is 0.0757. The Morgan fingerprint density at radius 3 is 2.52 bits per heavy atom. The fourth-order valence-electron chi connectivity index (χ4n) is 2.82. The Kier molecular flexibility index (Phi) is 4.57. The van der Waals surface area contributed by atoms with E-state index in [1.807, 2.05) is 73.9 Å². The van der Waals surface area contributed by atoms with Gasteiger partial charge in [-0.05, 0) is 50.6 Å². The van der Waals surface area contributed by atoms with Crippen LogP contribution >= 0.6 is 0 Å². The number of carbonyl (C=O) groups is 1. The third kappa shape index (κ3) is 3.40. The summed E-state index contributed by atoms with van der Waals surface area (Å²) in [5.41, 5.74) is 3.89. The van der Waals surface area contributed by atoms with Gasteiger partial charge in [0.25, 0.3) is 5.91 Å². The summed E-state index contributed by atoms with van der Waals surface area (Å²) in [6.07, 6.45) is 3.43. The van der Waals surface area contributed by atoms with E-state index in [9.17, 15) is 4.79 Å². The number of aromatic nitrogens is 2. The number of amides is 1. The van der Waals surface area contributed by atoms with Crippen molar-refractivity contribution in [3.63, 3.8) is 0 Å². The largest absolute Gasteiger partial charge is 0.360 e. The molecule has 5 heteroatoms. The second-order valence-corrected chi connectivity index (χ2v) is 6.02. The first kappa shape index (κ1) is 16.8. The van der Waals surface area contributed by atoms with Gasteiger partial charge < -0.3 is 9.42 Å². The first-order chi connectivity index (χ1) is 12.0. The van der Waals surface area contributed by atoms with Crippen LogP contribution in [0.25, 0.3) is 11.9 Å². The summed E-state index contributed by atoms with van der Waals surface area (Å²) in [4.78, 5) is 14.0. The van der Waals surface area contributed by atoms with Crippen LogP contribution in [0.15, 0.2) is 53.1 Å². The molecule has 25 heavy (non-hydrogen) atoms. The van der Waals surface area contributed by atoms with Crippen molar-refractivity contribution in [3.05, 3.63) is 71.3 Å². The number of hydrogen-bond acceptors (Lipinski definition) is 3. The molecule has 0 aliphatic rings. The number of likely N-dealkylation sites (N-methyl/N-ethyl adjacent to an activating group) is 1. The summed E-state index contributed by atoms with van der Waals surface area (Å²) >= 11 is 0. The van der Waals surface area contributed by atoms with E-state index in [1.54, 1.807) is 18.0 Å². The molecule has 0 radical (unpaired) electrons. The van der Waals surface area contributed by atoms with Crippen molar-refractivity contribution in [2.24, 2.45) is 0 Å². The summed E-state index contributed by atoms with van der Waals surface area (Å²) in [7, 11) is 1.77. The van der Waals surface area contributed by atoms with Gasteiger partial charge in [0.2, 0.25) is 0 Å². The van der Waals surface area contributed by atoms with E-state index in [0.717, 1.165) is 34.2 Å². The fraction of sp³-hybridized carbons (Fsp3) is 0.200. The first-order valence-electron chi connectivity index (χ1n) is 8.11. The van der Waals surface area contributed by atoms with Gasteiger partial charge in [0.05, 0.1) is 0 Å². The van der Waals surface area contributed by atoms with Crippen molar-refractivity contribution < 1.29 is 9.32 Å². The van der Waals surface area contributed by atoms with Gasteiger partial charge in [0.1, 0.15) is 5.76 Å². The molecule has 3 rings (SSSR count). The predicted molar refractivity (Wildman–Crippen MR) is 98.9 cm³/mol. The van der Waals surface area contributed by atoms with E-state index in [1.165, 1.54) is 0 Å². The molecule has 3 aromatic rings. The van der Waals surface area contributed by atoms with Crippen LogP contribution in [0.3, 0.4) is 0 Å². The molecule has 2 heterocycles. The molecular weight excluding hydrogens is 314 g/mol. The van der Waals surface area contributed by atoms with Gasteiger partial charge in [-0.15, -0.1) is 0 Å². The SMILES string of the molecule is Cc1cc(-n2c(C)cc(C=CC(=O)N(C)c3ccccc3)c2C)no1. The van der Waals surface area contributed by atoms with Gasteiger partial charge in [-0.1, -0.05) is 23.4 Å². The highest BCUT2D eigenvalue weighted by atomic mass is 16.5. The maximum Gasteiger partial charge on any atom is 0.250 e. The Morgan fingerprint density at radius 2 is 1.88 bits per heavy atom. The zero-order chi connectivity index (χ0) is 18.0. The van der Waals surface area contributed by atoms with Gasteiger partial charge in [-0.25, -0.2) is 0 Å². The zero-order valence-corrected chi connectivity index (χ0v) is 14.9. The molecule has 0 saturated carbocycles. The van der Waals surface area contributed by atoms with Crippen molar-refractivity contribution in [1.82, 2.24) is 9.72 Å². The number of aryl methyl sites for hydroxylation is 2. The molecule has 0 atom stereocenters. The molecule has 0 aliphatic heterocycles. The lowest BCUT2D eigenvalue weighted by molar-refractivity contribution is -0.113. The van der Waals surface area contributed by atoms with Crippen molar-refractivity contribution in [1.29, 1.82) is 0 Å². The molecule has 5 nitrogen and oxygen atoms in total. The molecule has 1 amide bonds. The Bertz CT molecular complexity index is 920. The van der Waals surface area contributed by atoms with E-state index in [4.69, 9.17) is 4.52 Å². The molecule has 128 valence electrons. The normalized spacial score (nSPS) is 11.2. The highest BCUT2D eigenvalue weighted by Gasteiger charge is 2.13. The molecule has 0 N–H and O–H groups in total. The Balaban J connectivity index is 1.84. The molecule has 0 bridgehead atoms. The second-order valence-electron chi connectivity index (χ2n) is 6.02. The van der Waals surface area contributed by atoms with E-state index in [2.05, 4.69) is 5.16 Å². The lowest BCUT2D eigenvalue weighted by Gasteiger charge is -2.14. The van der Waals surface area contributed by atoms with Crippen LogP contribution in [0.2, 0.25) is 0 Å². The fourth-order valence-corrected chi connectivity index (χ4v) is 2.82. The molecule has 0 fully saturated rings. The smallest absolute Gasteiger partial charge is 0.250 e. The quantitative estimate of drug-likeness (QED) is 0.675. The Morgan fingerprint density at radius 1 is 1.16 bits per heavy atom. The molecule has 0 unspecified atom stereocenters. The van der Waals surface area contributed by atoms with Gasteiger partial charge in [-0.2, -0.15) is 0 Å². The van der Waals surface area contributed by atoms with Crippen LogP contribution in [0, 0.1) is 20.8 Å². The zero-order valence-electron chi connectivity index (χ0n) is 14.9. The third-order valence-electron chi connectivity index (χ3n) is 4.19. The van der Waals surface area contributed by atoms with Crippen LogP contribution in [0.4, 0.5) is 5.69 Å². The number of carbonyl (C=O) groups excluding carboxylic acids is 1. The Hall–Kier alpha value is -3.08. The van der Waals surface area contributed by atoms with Crippen LogP contribution < -0.4 is 4.90 Å². The Labute approximate surface area is 147 Å². The lowest BCUT2D eigenvalue weighted by Crippen LogP contribution is -2.23. The molecule has 0 spiro atoms. The minimum Gasteiger partial charge on any atom is -0.360 e. The highest BCUT2D eigenvalue weighted by Crippen LogP contribution is 2.22. The standard InChI is InChI=1S/C20H21N3O2/c1-14-12-17(16(3)23(14)19-13-15(2)25-21-19)10-11-20(24)22(4)18-8-6-5-7-9-18/h5-13H,1-4H3. The van der Waals surface area contributed by atoms with Gasteiger partial charge in [0, 0.05) is 36.3 Å². The maximum atomic E-state index is 12.4. The van der Waals surface area contributed by atoms with Crippen molar-refractivity contribution in [2.75, 3.05) is 11.9 Å². The summed E-state index contributed by atoms with van der Waals surface area (Å²) in [5, 5.41) is 4.07. The molecule has 1 aromatic carbocycles. The molecule has 0 aliphatic carbocycles. The number of rotatable bonds is 4. The molecular formula is C20H21N3O2. The maximum absolute atomic E-state index is 12.4. The van der Waals surface area contributed by atoms with E-state index >= 15 is 0 Å². The topological polar surface area (TPSA) is 51.3 Å². The van der Waals surface area contributed by atoms with E-state index < -0.39 is 0 Å². The van der Waals surface area contributed by atoms with Crippen molar-refractivity contribution in [3.8, 4) is 5.82 Å². The second kappa shape index (κ2) is 6.81. The van der Waals surface area contributed by atoms with Crippen LogP contribution in [0.5, 0.6) is 0 Å². The van der Waals surface area contributed by atoms with Gasteiger partial charge in [-0.3, -0.25) is 9.36 Å². The summed E-state index contributed by atoms with van der Waals surface area (Å²) < 4.78 is 7.18. The van der Waals surface area contributed by atoms with Crippen molar-refractivity contribution in [2.45, 2.75) is 20.8 Å². The van der Waals surface area contributed by atoms with Crippen LogP contribution in [-0.4, -0.2) is 22.7 Å². The van der Waals surface area contributed by atoms with Gasteiger partial charge in [0.15, 0.2) is 5.82 Å². The predicted octanol–water partition coefficient (Wildman–Crippen LogP) is 4.07. The van der Waals surface area contributed by atoms with Gasteiger partial charge >= 0.3 is 0 Å². The average Bonchev–Trinajstić information content (AvgIpc) is 3.15. The van der Waals surface area contributed by atoms with Crippen LogP contribution in [-0.2, 0) is 4.79 Å². The summed E-state index contributed by atoms with van der Waals surface area (Å²) in [5.74, 6) is 1.44. The number of anilines is 1. The summed E-state index contributed by atoms with van der Waals surface area (Å²) in [6, 6.07) is 13.5. The lowest BCUT2D eigenvalue weighted by atomic mass is 10.2. The number of hydrogen-bond donors (Lipinski definition) is 0. The first-order valence-corrected chi connectivity index (χ1v) is 8.11. The minimum atomic E-state index is -0.0757. The van der Waals surface area contributed by atoms with E-state index in [-0.39, 0.29) is 5.91 Å². The monoisotopic (exact) mass is 335 g/mol. The average molecular weight is 335 g/mol. The molecule has 2 aromatic heterocycles. The molecule has 0 saturated heterocycles. The number of benzene rings is 1. The van der Waals surface area contributed by atoms with Crippen LogP contribution in [0.1, 0.15) is 22.7 Å². The van der Waals surface area contributed by atoms with E-state index in [0.29, 0.717) is 0 Å². The number of nitrogens with zero attached hydrogens (tertiary/aromatic N) is 3. The third-order valence-corrected chi connectivity index (χ3v) is 4.19. The highest BCUT2D eigenvalue weighted by molar-refractivity contribution is 6.03. The number of para-hydroxylation sites is 1. The van der Waals surface area contributed by atoms with Crippen molar-refractivity contribution >= 4 is 17.7 Å². The summed E-state index contributed by atoms with van der Waals surface area (Å²) in [6.45, 7) is 5.87.